The van der Waals surface area contributed by atoms with Crippen LogP contribution in [0.4, 0.5) is 0 Å². The molecule has 4 heteroatoms. The van der Waals surface area contributed by atoms with Gasteiger partial charge in [-0.05, 0) is 18.2 Å². The van der Waals surface area contributed by atoms with Crippen LogP contribution in [0.1, 0.15) is 0 Å². The molecule has 1 aliphatic heterocycles. The van der Waals surface area contributed by atoms with Crippen molar-refractivity contribution in [3.63, 3.8) is 0 Å². The summed E-state index contributed by atoms with van der Waals surface area (Å²) in [5.41, 5.74) is 2.30. The highest BCUT2D eigenvalue weighted by Gasteiger charge is 2.10. The second-order valence-corrected chi connectivity index (χ2v) is 4.37. The Hall–Kier alpha value is -1.39. The lowest BCUT2D eigenvalue weighted by Crippen LogP contribution is -2.38. The van der Waals surface area contributed by atoms with Gasteiger partial charge in [-0.3, -0.25) is 9.88 Å². The Bertz CT molecular complexity index is 488. The molecule has 0 N–H and O–H groups in total. The van der Waals surface area contributed by atoms with Gasteiger partial charge in [-0.25, -0.2) is 0 Å². The van der Waals surface area contributed by atoms with Crippen LogP contribution in [0.15, 0.2) is 30.6 Å². The van der Waals surface area contributed by atoms with E-state index in [2.05, 4.69) is 32.8 Å². The SMILES string of the molecule is c1cnc2ccn(CCN3CCOCC3)c2c1. The summed E-state index contributed by atoms with van der Waals surface area (Å²) in [5.74, 6) is 0. The van der Waals surface area contributed by atoms with Gasteiger partial charge in [-0.1, -0.05) is 0 Å². The largest absolute Gasteiger partial charge is 0.379 e. The summed E-state index contributed by atoms with van der Waals surface area (Å²) in [6, 6.07) is 6.20. The summed E-state index contributed by atoms with van der Waals surface area (Å²) in [6.07, 6.45) is 3.97. The van der Waals surface area contributed by atoms with Crippen LogP contribution in [0, 0.1) is 0 Å². The number of fused-ring (bicyclic) bond motifs is 1. The molecule has 1 saturated heterocycles. The van der Waals surface area contributed by atoms with E-state index >= 15 is 0 Å². The summed E-state index contributed by atoms with van der Waals surface area (Å²) >= 11 is 0. The zero-order valence-corrected chi connectivity index (χ0v) is 9.88. The topological polar surface area (TPSA) is 30.3 Å². The first kappa shape index (κ1) is 10.7. The first-order valence-electron chi connectivity index (χ1n) is 6.13. The molecule has 90 valence electrons. The van der Waals surface area contributed by atoms with Gasteiger partial charge in [-0.15, -0.1) is 0 Å². The number of rotatable bonds is 3. The summed E-state index contributed by atoms with van der Waals surface area (Å²) in [5, 5.41) is 0. The Morgan fingerprint density at radius 1 is 1.18 bits per heavy atom. The lowest BCUT2D eigenvalue weighted by Gasteiger charge is -2.26. The molecule has 4 nitrogen and oxygen atoms in total. The number of hydrogen-bond donors (Lipinski definition) is 0. The van der Waals surface area contributed by atoms with E-state index in [1.807, 2.05) is 12.3 Å². The molecule has 0 saturated carbocycles. The van der Waals surface area contributed by atoms with Gasteiger partial charge >= 0.3 is 0 Å². The number of hydrogen-bond acceptors (Lipinski definition) is 3. The molecule has 2 aromatic rings. The van der Waals surface area contributed by atoms with E-state index in [1.54, 1.807) is 0 Å². The van der Waals surface area contributed by atoms with Gasteiger partial charge in [0.05, 0.1) is 24.2 Å². The van der Waals surface area contributed by atoms with E-state index in [0.29, 0.717) is 0 Å². The van der Waals surface area contributed by atoms with Crippen molar-refractivity contribution in [2.24, 2.45) is 0 Å². The number of aromatic nitrogens is 2. The van der Waals surface area contributed by atoms with E-state index in [9.17, 15) is 0 Å². The molecule has 0 spiro atoms. The smallest absolute Gasteiger partial charge is 0.0880 e. The fraction of sp³-hybridized carbons (Fsp3) is 0.462. The van der Waals surface area contributed by atoms with Gasteiger partial charge in [-0.2, -0.15) is 0 Å². The Morgan fingerprint density at radius 3 is 2.94 bits per heavy atom. The lowest BCUT2D eigenvalue weighted by molar-refractivity contribution is 0.0365. The van der Waals surface area contributed by atoms with Crippen molar-refractivity contribution in [1.29, 1.82) is 0 Å². The lowest BCUT2D eigenvalue weighted by atomic mass is 10.4. The molecule has 0 atom stereocenters. The van der Waals surface area contributed by atoms with Crippen LogP contribution in [-0.2, 0) is 11.3 Å². The molecule has 3 heterocycles. The average Bonchev–Trinajstić information content (AvgIpc) is 2.81. The monoisotopic (exact) mass is 231 g/mol. The van der Waals surface area contributed by atoms with Crippen LogP contribution < -0.4 is 0 Å². The molecular weight excluding hydrogens is 214 g/mol. The van der Waals surface area contributed by atoms with E-state index in [0.717, 1.165) is 44.9 Å². The van der Waals surface area contributed by atoms with Gasteiger partial charge < -0.3 is 9.30 Å². The minimum absolute atomic E-state index is 0.869. The molecular formula is C13H17N3O. The van der Waals surface area contributed by atoms with Gasteiger partial charge in [0.1, 0.15) is 0 Å². The standard InChI is InChI=1S/C13H17N3O/c1-2-13-12(14-4-1)3-5-16(13)7-6-15-8-10-17-11-9-15/h1-5H,6-11H2. The normalized spacial score (nSPS) is 17.6. The van der Waals surface area contributed by atoms with Crippen molar-refractivity contribution in [3.8, 4) is 0 Å². The van der Waals surface area contributed by atoms with Crippen LogP contribution >= 0.6 is 0 Å². The number of ether oxygens (including phenoxy) is 1. The maximum atomic E-state index is 5.35. The Labute approximate surface area is 101 Å². The quantitative estimate of drug-likeness (QED) is 0.799. The summed E-state index contributed by atoms with van der Waals surface area (Å²) in [6.45, 7) is 5.95. The van der Waals surface area contributed by atoms with E-state index in [1.165, 1.54) is 5.52 Å². The molecule has 0 amide bonds. The van der Waals surface area contributed by atoms with E-state index in [-0.39, 0.29) is 0 Å². The van der Waals surface area contributed by atoms with Crippen molar-refractivity contribution in [2.45, 2.75) is 6.54 Å². The van der Waals surface area contributed by atoms with E-state index in [4.69, 9.17) is 4.74 Å². The van der Waals surface area contributed by atoms with Gasteiger partial charge in [0, 0.05) is 38.6 Å². The fourth-order valence-corrected chi connectivity index (χ4v) is 2.29. The van der Waals surface area contributed by atoms with Crippen LogP contribution in [0.5, 0.6) is 0 Å². The highest BCUT2D eigenvalue weighted by atomic mass is 16.5. The van der Waals surface area contributed by atoms with Gasteiger partial charge in [0.15, 0.2) is 0 Å². The fourth-order valence-electron chi connectivity index (χ4n) is 2.29. The highest BCUT2D eigenvalue weighted by molar-refractivity contribution is 5.75. The molecule has 0 radical (unpaired) electrons. The van der Waals surface area contributed by atoms with Crippen molar-refractivity contribution < 1.29 is 4.74 Å². The third-order valence-electron chi connectivity index (χ3n) is 3.30. The predicted octanol–water partition coefficient (Wildman–Crippen LogP) is 1.37. The molecule has 2 aromatic heterocycles. The van der Waals surface area contributed by atoms with Crippen molar-refractivity contribution in [1.82, 2.24) is 14.5 Å². The number of morpholine rings is 1. The zero-order valence-electron chi connectivity index (χ0n) is 9.88. The minimum atomic E-state index is 0.869. The third kappa shape index (κ3) is 2.33. The summed E-state index contributed by atoms with van der Waals surface area (Å²) in [4.78, 5) is 6.79. The van der Waals surface area contributed by atoms with Crippen molar-refractivity contribution >= 4 is 11.0 Å². The maximum Gasteiger partial charge on any atom is 0.0880 e. The molecule has 0 bridgehead atoms. The van der Waals surface area contributed by atoms with Crippen LogP contribution in [0.3, 0.4) is 0 Å². The number of pyridine rings is 1. The Morgan fingerprint density at radius 2 is 2.06 bits per heavy atom. The van der Waals surface area contributed by atoms with E-state index < -0.39 is 0 Å². The summed E-state index contributed by atoms with van der Waals surface area (Å²) < 4.78 is 7.62. The molecule has 0 aromatic carbocycles. The number of nitrogens with zero attached hydrogens (tertiary/aromatic N) is 3. The molecule has 0 aliphatic carbocycles. The van der Waals surface area contributed by atoms with Gasteiger partial charge in [0.2, 0.25) is 0 Å². The first-order valence-corrected chi connectivity index (χ1v) is 6.13. The average molecular weight is 231 g/mol. The second kappa shape index (κ2) is 4.85. The van der Waals surface area contributed by atoms with Crippen LogP contribution in [0.2, 0.25) is 0 Å². The highest BCUT2D eigenvalue weighted by Crippen LogP contribution is 2.12. The molecule has 3 rings (SSSR count). The molecule has 17 heavy (non-hydrogen) atoms. The predicted molar refractivity (Wildman–Crippen MR) is 67.0 cm³/mol. The molecule has 0 unspecified atom stereocenters. The summed E-state index contributed by atoms with van der Waals surface area (Å²) in [7, 11) is 0. The van der Waals surface area contributed by atoms with Crippen molar-refractivity contribution in [2.75, 3.05) is 32.8 Å². The molecule has 1 aliphatic rings. The minimum Gasteiger partial charge on any atom is -0.379 e. The maximum absolute atomic E-state index is 5.35. The first-order chi connectivity index (χ1) is 8.43. The van der Waals surface area contributed by atoms with Crippen LogP contribution in [-0.4, -0.2) is 47.3 Å². The second-order valence-electron chi connectivity index (χ2n) is 4.37. The third-order valence-corrected chi connectivity index (χ3v) is 3.30. The van der Waals surface area contributed by atoms with Gasteiger partial charge in [0.25, 0.3) is 0 Å². The Kier molecular flexibility index (Phi) is 3.07. The Balaban J connectivity index is 1.68. The molecule has 1 fully saturated rings. The van der Waals surface area contributed by atoms with Crippen molar-refractivity contribution in [3.05, 3.63) is 30.6 Å². The van der Waals surface area contributed by atoms with Crippen LogP contribution in [0.25, 0.3) is 11.0 Å². The zero-order chi connectivity index (χ0) is 11.5.